The Balaban J connectivity index is 5.60. The van der Waals surface area contributed by atoms with E-state index in [0.29, 0.717) is 12.8 Å². The van der Waals surface area contributed by atoms with E-state index in [9.17, 15) is 39.0 Å². The van der Waals surface area contributed by atoms with Crippen molar-refractivity contribution >= 4 is 35.5 Å². The van der Waals surface area contributed by atoms with E-state index in [1.807, 2.05) is 41.5 Å². The highest BCUT2D eigenvalue weighted by molar-refractivity contribution is 5.92. The minimum absolute atomic E-state index is 0.0152. The van der Waals surface area contributed by atoms with Crippen molar-refractivity contribution in [2.24, 2.45) is 29.6 Å². The van der Waals surface area contributed by atoms with Crippen LogP contribution < -0.4 is 26.6 Å². The predicted octanol–water partition coefficient (Wildman–Crippen LogP) is 1.47. The van der Waals surface area contributed by atoms with Gasteiger partial charge >= 0.3 is 5.97 Å². The summed E-state index contributed by atoms with van der Waals surface area (Å²) in [5.41, 5.74) is 0. The molecule has 14 heteroatoms. The minimum Gasteiger partial charge on any atom is -0.481 e. The molecule has 7 atom stereocenters. The Morgan fingerprint density at radius 3 is 1.29 bits per heavy atom. The number of carboxylic acid groups (broad SMARTS) is 1. The summed E-state index contributed by atoms with van der Waals surface area (Å²) in [4.78, 5) is 75.9. The standard InChI is InChI=1S/C34H63N5O9/c1-17(2)12-23(37-33(47)31(21(9)10)39-34(48)30(20(7)8)38-27(42)14-19(5)6)25(40)15-28(43)35-22(11)32(46)36-24(13-18(3)4)26(41)16-29(44)45/h17-26,30-31,40-41H,12-16H2,1-11H3,(H,35,43)(H,36,46)(H,37,47)(H,38,42)(H,39,48)(H,44,45)/t22-,23-,24+,25-,26-,30?,31-/m0/s1. The third-order valence-corrected chi connectivity index (χ3v) is 7.69. The molecule has 0 aromatic rings. The molecule has 0 aliphatic carbocycles. The lowest BCUT2D eigenvalue weighted by Crippen LogP contribution is -2.59. The molecule has 0 spiro atoms. The third-order valence-electron chi connectivity index (χ3n) is 7.69. The summed E-state index contributed by atoms with van der Waals surface area (Å²) in [6.45, 7) is 19.8. The van der Waals surface area contributed by atoms with Crippen LogP contribution in [-0.4, -0.2) is 93.2 Å². The fraction of sp³-hybridized carbons (Fsp3) is 0.824. The average Bonchev–Trinajstić information content (AvgIpc) is 2.91. The lowest BCUT2D eigenvalue weighted by molar-refractivity contribution is -0.140. The number of carbonyl (C=O) groups is 6. The first kappa shape index (κ1) is 44.7. The monoisotopic (exact) mass is 685 g/mol. The van der Waals surface area contributed by atoms with Gasteiger partial charge in [0.1, 0.15) is 18.1 Å². The number of aliphatic carboxylic acids is 1. The molecular formula is C34H63N5O9. The average molecular weight is 686 g/mol. The molecule has 48 heavy (non-hydrogen) atoms. The highest BCUT2D eigenvalue weighted by atomic mass is 16.4. The lowest BCUT2D eigenvalue weighted by Gasteiger charge is -2.31. The number of amides is 5. The van der Waals surface area contributed by atoms with Gasteiger partial charge in [-0.15, -0.1) is 0 Å². The number of aliphatic hydroxyl groups excluding tert-OH is 2. The van der Waals surface area contributed by atoms with Gasteiger partial charge in [-0.2, -0.15) is 0 Å². The zero-order valence-electron chi connectivity index (χ0n) is 30.8. The molecule has 0 aliphatic rings. The first-order valence-corrected chi connectivity index (χ1v) is 17.1. The highest BCUT2D eigenvalue weighted by Crippen LogP contribution is 2.15. The predicted molar refractivity (Wildman–Crippen MR) is 182 cm³/mol. The maximum Gasteiger partial charge on any atom is 0.306 e. The van der Waals surface area contributed by atoms with Gasteiger partial charge in [-0.25, -0.2) is 0 Å². The Labute approximate surface area is 286 Å². The van der Waals surface area contributed by atoms with Crippen molar-refractivity contribution in [3.05, 3.63) is 0 Å². The van der Waals surface area contributed by atoms with Crippen LogP contribution in [0.2, 0.25) is 0 Å². The van der Waals surface area contributed by atoms with Gasteiger partial charge in [0.05, 0.1) is 37.1 Å². The van der Waals surface area contributed by atoms with E-state index in [4.69, 9.17) is 5.11 Å². The summed E-state index contributed by atoms with van der Waals surface area (Å²) in [5.74, 6) is -4.25. The van der Waals surface area contributed by atoms with E-state index in [1.165, 1.54) is 6.92 Å². The zero-order valence-corrected chi connectivity index (χ0v) is 30.8. The first-order valence-electron chi connectivity index (χ1n) is 17.1. The van der Waals surface area contributed by atoms with E-state index >= 15 is 0 Å². The zero-order chi connectivity index (χ0) is 37.5. The van der Waals surface area contributed by atoms with Crippen LogP contribution in [0.1, 0.15) is 108 Å². The second-order valence-corrected chi connectivity index (χ2v) is 14.8. The molecule has 0 saturated heterocycles. The van der Waals surface area contributed by atoms with Gasteiger partial charge in [-0.1, -0.05) is 69.2 Å². The van der Waals surface area contributed by atoms with Gasteiger partial charge in [0, 0.05) is 6.42 Å². The Kier molecular flexibility index (Phi) is 20.2. The summed E-state index contributed by atoms with van der Waals surface area (Å²) in [5, 5.41) is 43.9. The molecule has 0 aliphatic heterocycles. The van der Waals surface area contributed by atoms with Crippen molar-refractivity contribution in [1.82, 2.24) is 26.6 Å². The largest absolute Gasteiger partial charge is 0.481 e. The number of hydrogen-bond acceptors (Lipinski definition) is 8. The van der Waals surface area contributed by atoms with Crippen molar-refractivity contribution in [2.75, 3.05) is 0 Å². The summed E-state index contributed by atoms with van der Waals surface area (Å²) in [6.07, 6.45) is -2.76. The van der Waals surface area contributed by atoms with Gasteiger partial charge in [0.2, 0.25) is 29.5 Å². The van der Waals surface area contributed by atoms with Crippen molar-refractivity contribution in [3.63, 3.8) is 0 Å². The first-order chi connectivity index (χ1) is 22.0. The highest BCUT2D eigenvalue weighted by Gasteiger charge is 2.34. The van der Waals surface area contributed by atoms with Crippen molar-refractivity contribution < 1.29 is 44.1 Å². The molecule has 0 bridgehead atoms. The van der Waals surface area contributed by atoms with Gasteiger partial charge in [-0.05, 0) is 49.4 Å². The summed E-state index contributed by atoms with van der Waals surface area (Å²) >= 11 is 0. The quantitative estimate of drug-likeness (QED) is 0.0825. The Morgan fingerprint density at radius 1 is 0.479 bits per heavy atom. The second-order valence-electron chi connectivity index (χ2n) is 14.8. The molecule has 14 nitrogen and oxygen atoms in total. The number of carbonyl (C=O) groups excluding carboxylic acids is 5. The lowest BCUT2D eigenvalue weighted by atomic mass is 9.95. The minimum atomic E-state index is -1.33. The molecule has 0 rings (SSSR count). The van der Waals surface area contributed by atoms with E-state index in [1.54, 1.807) is 27.7 Å². The third kappa shape index (κ3) is 17.8. The number of nitrogens with one attached hydrogen (secondary N) is 5. The maximum absolute atomic E-state index is 13.5. The fourth-order valence-electron chi connectivity index (χ4n) is 5.16. The van der Waals surface area contributed by atoms with E-state index < -0.39 is 84.9 Å². The Morgan fingerprint density at radius 2 is 0.875 bits per heavy atom. The number of carboxylic acids is 1. The Bertz CT molecular complexity index is 1060. The number of rotatable bonds is 22. The van der Waals surface area contributed by atoms with Crippen LogP contribution in [0, 0.1) is 29.6 Å². The molecule has 1 unspecified atom stereocenters. The van der Waals surface area contributed by atoms with Crippen LogP contribution in [0.3, 0.4) is 0 Å². The number of hydrogen-bond donors (Lipinski definition) is 8. The van der Waals surface area contributed by atoms with Crippen LogP contribution in [-0.2, 0) is 28.8 Å². The van der Waals surface area contributed by atoms with Gasteiger partial charge < -0.3 is 41.9 Å². The van der Waals surface area contributed by atoms with Crippen LogP contribution in [0.25, 0.3) is 0 Å². The SMILES string of the molecule is CC(C)CC(=O)NC(C(=O)N[C@H](C(=O)N[C@@H](CC(C)C)[C@@H](O)CC(=O)N[C@@H](C)C(=O)N[C@H](CC(C)C)[C@@H](O)CC(=O)O)C(C)C)C(C)C. The molecule has 8 N–H and O–H groups in total. The topological polar surface area (TPSA) is 223 Å². The smallest absolute Gasteiger partial charge is 0.306 e. The molecule has 0 radical (unpaired) electrons. The maximum atomic E-state index is 13.5. The molecule has 0 aromatic heterocycles. The summed E-state index contributed by atoms with van der Waals surface area (Å²) in [7, 11) is 0. The molecular weight excluding hydrogens is 622 g/mol. The molecule has 278 valence electrons. The molecule has 0 aromatic carbocycles. The molecule has 0 fully saturated rings. The van der Waals surface area contributed by atoms with Crippen molar-refractivity contribution in [3.8, 4) is 0 Å². The number of aliphatic hydroxyl groups is 2. The molecule has 0 saturated carbocycles. The van der Waals surface area contributed by atoms with Gasteiger partial charge in [-0.3, -0.25) is 28.8 Å². The Hall–Kier alpha value is -3.26. The van der Waals surface area contributed by atoms with E-state index in [2.05, 4.69) is 26.6 Å². The van der Waals surface area contributed by atoms with Crippen LogP contribution in [0.15, 0.2) is 0 Å². The van der Waals surface area contributed by atoms with Crippen molar-refractivity contribution in [2.45, 2.75) is 151 Å². The van der Waals surface area contributed by atoms with Crippen molar-refractivity contribution in [1.29, 1.82) is 0 Å². The molecule has 0 heterocycles. The van der Waals surface area contributed by atoms with Crippen LogP contribution in [0.4, 0.5) is 0 Å². The second kappa shape index (κ2) is 21.7. The fourth-order valence-corrected chi connectivity index (χ4v) is 5.16. The summed E-state index contributed by atoms with van der Waals surface area (Å²) < 4.78 is 0. The molecule has 5 amide bonds. The van der Waals surface area contributed by atoms with Crippen LogP contribution >= 0.6 is 0 Å². The normalized spacial score (nSPS) is 16.1. The summed E-state index contributed by atoms with van der Waals surface area (Å²) in [6, 6.07) is -4.61. The van der Waals surface area contributed by atoms with Gasteiger partial charge in [0.25, 0.3) is 0 Å². The van der Waals surface area contributed by atoms with Crippen LogP contribution in [0.5, 0.6) is 0 Å². The van der Waals surface area contributed by atoms with E-state index in [0.717, 1.165) is 0 Å². The van der Waals surface area contributed by atoms with E-state index in [-0.39, 0.29) is 41.9 Å². The van der Waals surface area contributed by atoms with Gasteiger partial charge in [0.15, 0.2) is 0 Å².